The molecule has 0 amide bonds. The highest BCUT2D eigenvalue weighted by Gasteiger charge is 2.20. The number of hydrogen-bond donors (Lipinski definition) is 0. The fourth-order valence-electron chi connectivity index (χ4n) is 5.69. The molecule has 0 aliphatic rings. The fraction of sp³-hybridized carbons (Fsp3) is 0.229. The number of benzene rings is 3. The molecule has 2 heterocycles. The number of allylic oxidation sites excluding steroid dienone is 5. The molecule has 5 aromatic rings. The first-order chi connectivity index (χ1) is 17.9. The van der Waals surface area contributed by atoms with Gasteiger partial charge >= 0.3 is 0 Å². The third-order valence-electron chi connectivity index (χ3n) is 7.72. The van der Waals surface area contributed by atoms with Gasteiger partial charge in [0.05, 0.1) is 17.4 Å². The molecule has 1 unspecified atom stereocenters. The number of aryl methyl sites for hydroxylation is 3. The molecule has 0 saturated carbocycles. The Morgan fingerprint density at radius 2 is 1.78 bits per heavy atom. The average Bonchev–Trinajstić information content (AvgIpc) is 3.33. The van der Waals surface area contributed by atoms with Gasteiger partial charge in [0.2, 0.25) is 0 Å². The van der Waals surface area contributed by atoms with E-state index in [1.807, 2.05) is 19.1 Å². The van der Waals surface area contributed by atoms with Crippen LogP contribution in [0.1, 0.15) is 60.9 Å². The van der Waals surface area contributed by atoms with Gasteiger partial charge in [0.1, 0.15) is 5.65 Å². The Hall–Kier alpha value is -3.91. The summed E-state index contributed by atoms with van der Waals surface area (Å²) in [6, 6.07) is 18.1. The highest BCUT2D eigenvalue weighted by atomic mass is 15.0. The molecule has 0 aliphatic carbocycles. The number of nitrogens with zero attached hydrogens (tertiary/aromatic N) is 2. The molecule has 0 radical (unpaired) electrons. The molecular formula is C35H36N2. The van der Waals surface area contributed by atoms with Gasteiger partial charge in [0, 0.05) is 16.3 Å². The van der Waals surface area contributed by atoms with Gasteiger partial charge in [0.15, 0.2) is 0 Å². The standard InChI is InChI=1S/C35H36N2/c1-8-11-13-26(10-3)27-19-24(6)33(25(7)20-27)32-21-36-35-34-28(23(5)9-2)14-12-15-30(34)29-17-16-22(4)18-31(29)37(32)35/h8,10-21,23H,3,9H2,1-2,4-7H3/b11-8-,26-13+. The summed E-state index contributed by atoms with van der Waals surface area (Å²) in [7, 11) is 0. The van der Waals surface area contributed by atoms with Crippen molar-refractivity contribution in [3.8, 4) is 11.3 Å². The van der Waals surface area contributed by atoms with Crippen molar-refractivity contribution in [1.82, 2.24) is 9.38 Å². The van der Waals surface area contributed by atoms with Crippen LogP contribution in [-0.2, 0) is 0 Å². The number of hydrogen-bond acceptors (Lipinski definition) is 1. The Balaban J connectivity index is 1.88. The normalized spacial score (nSPS) is 13.3. The van der Waals surface area contributed by atoms with Gasteiger partial charge in [-0.15, -0.1) is 0 Å². The third kappa shape index (κ3) is 4.11. The molecule has 0 N–H and O–H groups in total. The van der Waals surface area contributed by atoms with E-state index in [4.69, 9.17) is 4.98 Å². The van der Waals surface area contributed by atoms with Crippen molar-refractivity contribution < 1.29 is 0 Å². The third-order valence-corrected chi connectivity index (χ3v) is 7.72. The average molecular weight is 485 g/mol. The molecule has 0 saturated heterocycles. The second kappa shape index (κ2) is 9.86. The van der Waals surface area contributed by atoms with E-state index in [-0.39, 0.29) is 0 Å². The summed E-state index contributed by atoms with van der Waals surface area (Å²) in [6.07, 6.45) is 11.3. The first-order valence-corrected chi connectivity index (χ1v) is 13.3. The minimum atomic E-state index is 0.458. The molecule has 2 heteroatoms. The van der Waals surface area contributed by atoms with E-state index in [9.17, 15) is 0 Å². The van der Waals surface area contributed by atoms with Crippen molar-refractivity contribution in [2.24, 2.45) is 0 Å². The number of aromatic nitrogens is 2. The van der Waals surface area contributed by atoms with Crippen molar-refractivity contribution in [3.05, 3.63) is 113 Å². The zero-order chi connectivity index (χ0) is 26.3. The van der Waals surface area contributed by atoms with Crippen LogP contribution >= 0.6 is 0 Å². The van der Waals surface area contributed by atoms with Gasteiger partial charge in [-0.1, -0.05) is 87.2 Å². The van der Waals surface area contributed by atoms with E-state index in [2.05, 4.69) is 112 Å². The molecule has 186 valence electrons. The lowest BCUT2D eigenvalue weighted by atomic mass is 9.91. The maximum atomic E-state index is 5.10. The van der Waals surface area contributed by atoms with Crippen LogP contribution in [0.5, 0.6) is 0 Å². The minimum absolute atomic E-state index is 0.458. The molecule has 0 aliphatic heterocycles. The number of pyridine rings is 1. The Labute approximate surface area is 220 Å². The van der Waals surface area contributed by atoms with Crippen molar-refractivity contribution in [2.45, 2.75) is 53.9 Å². The lowest BCUT2D eigenvalue weighted by molar-refractivity contribution is 0.740. The van der Waals surface area contributed by atoms with Gasteiger partial charge < -0.3 is 0 Å². The van der Waals surface area contributed by atoms with Crippen LogP contribution < -0.4 is 0 Å². The van der Waals surface area contributed by atoms with Crippen LogP contribution in [-0.4, -0.2) is 9.38 Å². The maximum Gasteiger partial charge on any atom is 0.145 e. The number of fused-ring (bicyclic) bond motifs is 6. The monoisotopic (exact) mass is 484 g/mol. The molecule has 0 bridgehead atoms. The summed E-state index contributed by atoms with van der Waals surface area (Å²) in [4.78, 5) is 5.10. The maximum absolute atomic E-state index is 5.10. The molecule has 0 spiro atoms. The largest absolute Gasteiger partial charge is 0.292 e. The van der Waals surface area contributed by atoms with E-state index < -0.39 is 0 Å². The van der Waals surface area contributed by atoms with Crippen molar-refractivity contribution in [3.63, 3.8) is 0 Å². The Bertz CT molecular complexity index is 1700. The fourth-order valence-corrected chi connectivity index (χ4v) is 5.69. The van der Waals surface area contributed by atoms with Crippen molar-refractivity contribution in [1.29, 1.82) is 0 Å². The van der Waals surface area contributed by atoms with Crippen LogP contribution in [0.15, 0.2) is 85.6 Å². The Kier molecular flexibility index (Phi) is 6.60. The summed E-state index contributed by atoms with van der Waals surface area (Å²) in [5.74, 6) is 0.458. The van der Waals surface area contributed by atoms with E-state index >= 15 is 0 Å². The summed E-state index contributed by atoms with van der Waals surface area (Å²) in [5.41, 5.74) is 12.0. The lowest BCUT2D eigenvalue weighted by Crippen LogP contribution is -2.00. The SMILES string of the molecule is C=C/C(=C\C=C/C)c1cc(C)c(-c2cnc3c4c(C(C)CC)cccc4c4ccc(C)cc4n23)c(C)c1. The molecular weight excluding hydrogens is 448 g/mol. The molecule has 1 atom stereocenters. The van der Waals surface area contributed by atoms with Crippen molar-refractivity contribution >= 4 is 32.9 Å². The summed E-state index contributed by atoms with van der Waals surface area (Å²) < 4.78 is 2.40. The van der Waals surface area contributed by atoms with Crippen LogP contribution in [0.3, 0.4) is 0 Å². The Morgan fingerprint density at radius 1 is 1.03 bits per heavy atom. The molecule has 37 heavy (non-hydrogen) atoms. The highest BCUT2D eigenvalue weighted by molar-refractivity contribution is 6.14. The molecule has 2 nitrogen and oxygen atoms in total. The Morgan fingerprint density at radius 3 is 2.46 bits per heavy atom. The quantitative estimate of drug-likeness (QED) is 0.173. The summed E-state index contributed by atoms with van der Waals surface area (Å²) in [6.45, 7) is 17.2. The van der Waals surface area contributed by atoms with Gasteiger partial charge in [0.25, 0.3) is 0 Å². The summed E-state index contributed by atoms with van der Waals surface area (Å²) >= 11 is 0. The van der Waals surface area contributed by atoms with Crippen molar-refractivity contribution in [2.75, 3.05) is 0 Å². The van der Waals surface area contributed by atoms with Crippen LogP contribution in [0.2, 0.25) is 0 Å². The molecule has 2 aromatic heterocycles. The minimum Gasteiger partial charge on any atom is -0.292 e. The van der Waals surface area contributed by atoms with Gasteiger partial charge in [-0.2, -0.15) is 0 Å². The topological polar surface area (TPSA) is 17.3 Å². The highest BCUT2D eigenvalue weighted by Crippen LogP contribution is 2.39. The van der Waals surface area contributed by atoms with E-state index in [1.165, 1.54) is 55.1 Å². The zero-order valence-electron chi connectivity index (χ0n) is 22.9. The van der Waals surface area contributed by atoms with Gasteiger partial charge in [-0.25, -0.2) is 4.98 Å². The molecule has 5 rings (SSSR count). The lowest BCUT2D eigenvalue weighted by Gasteiger charge is -2.18. The number of imidazole rings is 1. The van der Waals surface area contributed by atoms with Crippen LogP contribution in [0.25, 0.3) is 44.2 Å². The first kappa shape index (κ1) is 24.8. The van der Waals surface area contributed by atoms with E-state index in [0.29, 0.717) is 5.92 Å². The number of rotatable bonds is 6. The zero-order valence-corrected chi connectivity index (χ0v) is 22.9. The predicted octanol–water partition coefficient (Wildman–Crippen LogP) is 9.89. The second-order valence-electron chi connectivity index (χ2n) is 10.2. The van der Waals surface area contributed by atoms with E-state index in [1.54, 1.807) is 0 Å². The van der Waals surface area contributed by atoms with Gasteiger partial charge in [-0.05, 0) is 84.9 Å². The summed E-state index contributed by atoms with van der Waals surface area (Å²) in [5, 5.41) is 3.83. The van der Waals surface area contributed by atoms with E-state index in [0.717, 1.165) is 23.3 Å². The molecule has 3 aromatic carbocycles. The smallest absolute Gasteiger partial charge is 0.145 e. The van der Waals surface area contributed by atoms with Gasteiger partial charge in [-0.3, -0.25) is 4.40 Å². The first-order valence-electron chi connectivity index (χ1n) is 13.3. The molecule has 0 fully saturated rings. The van der Waals surface area contributed by atoms with Crippen LogP contribution in [0.4, 0.5) is 0 Å². The predicted molar refractivity (Wildman–Crippen MR) is 162 cm³/mol. The second-order valence-corrected chi connectivity index (χ2v) is 10.2. The van der Waals surface area contributed by atoms with Crippen LogP contribution in [0, 0.1) is 20.8 Å².